The Labute approximate surface area is 342 Å². The van der Waals surface area contributed by atoms with Gasteiger partial charge in [-0.05, 0) is 92.6 Å². The molecule has 1 aromatic carbocycles. The van der Waals surface area contributed by atoms with Crippen LogP contribution in [0.1, 0.15) is 133 Å². The second-order valence-electron chi connectivity index (χ2n) is 17.8. The van der Waals surface area contributed by atoms with Gasteiger partial charge in [0.1, 0.15) is 23.7 Å². The number of fused-ring (bicyclic) bond motifs is 2. The average molecular weight is 799 g/mol. The number of H-pyrrole nitrogens is 2. The van der Waals surface area contributed by atoms with E-state index in [-0.39, 0.29) is 41.1 Å². The largest absolute Gasteiger partial charge is 0.453 e. The van der Waals surface area contributed by atoms with Crippen LogP contribution in [0.3, 0.4) is 0 Å². The van der Waals surface area contributed by atoms with E-state index >= 15 is 0 Å². The molecule has 2 saturated carbocycles. The van der Waals surface area contributed by atoms with E-state index in [4.69, 9.17) is 19.4 Å². The lowest BCUT2D eigenvalue weighted by molar-refractivity contribution is -0.138. The van der Waals surface area contributed by atoms with Gasteiger partial charge in [-0.2, -0.15) is 0 Å². The van der Waals surface area contributed by atoms with Crippen LogP contribution in [0.25, 0.3) is 11.3 Å². The molecule has 14 heteroatoms. The first kappa shape index (κ1) is 41.3. The number of alkyl carbamates (subject to hydrolysis) is 1. The van der Waals surface area contributed by atoms with E-state index in [2.05, 4.69) is 39.6 Å². The minimum atomic E-state index is -0.673. The van der Waals surface area contributed by atoms with E-state index in [1.54, 1.807) is 7.05 Å². The maximum atomic E-state index is 14.0. The summed E-state index contributed by atoms with van der Waals surface area (Å²) in [4.78, 5) is 74.1. The highest BCUT2D eigenvalue weighted by Crippen LogP contribution is 2.55. The summed E-state index contributed by atoms with van der Waals surface area (Å²) in [6, 6.07) is 7.33. The van der Waals surface area contributed by atoms with Crippen LogP contribution in [0.15, 0.2) is 36.7 Å². The van der Waals surface area contributed by atoms with Crippen molar-refractivity contribution in [2.24, 2.45) is 17.8 Å². The van der Waals surface area contributed by atoms with Gasteiger partial charge in [0, 0.05) is 37.4 Å². The minimum Gasteiger partial charge on any atom is -0.453 e. The van der Waals surface area contributed by atoms with Crippen molar-refractivity contribution in [2.45, 2.75) is 127 Å². The van der Waals surface area contributed by atoms with Crippen molar-refractivity contribution in [2.75, 3.05) is 34.4 Å². The first-order valence-electron chi connectivity index (χ1n) is 21.3. The molecule has 0 radical (unpaired) electrons. The van der Waals surface area contributed by atoms with Crippen molar-refractivity contribution in [3.8, 4) is 11.3 Å². The van der Waals surface area contributed by atoms with E-state index in [1.807, 2.05) is 49.9 Å². The topological polar surface area (TPSA) is 166 Å². The molecule has 2 aliphatic carbocycles. The Bertz CT molecular complexity index is 1940. The SMILES string of the molecule is COC(=O)N[C@H](C(=O)N1CCC[C@H]1c1ncc(-c2ccc(C3CCC4(c5cnc([C@@H]6CCCN6C(=O)[C@H](C(C)C)N(C)C(=O)OC)[nH]5)CCCC3C4)cc2)[nH]1)C(C)C. The molecule has 7 atom stereocenters. The fourth-order valence-electron chi connectivity index (χ4n) is 10.6. The second kappa shape index (κ2) is 17.1. The van der Waals surface area contributed by atoms with E-state index in [0.29, 0.717) is 24.9 Å². The number of likely N-dealkylation sites (tertiary alicyclic amines) is 2. The Morgan fingerprint density at radius 3 is 2.10 bits per heavy atom. The molecule has 0 spiro atoms. The molecule has 2 aromatic heterocycles. The summed E-state index contributed by atoms with van der Waals surface area (Å²) in [5, 5.41) is 2.72. The molecular formula is C44H62N8O6. The summed E-state index contributed by atoms with van der Waals surface area (Å²) >= 11 is 0. The van der Waals surface area contributed by atoms with Gasteiger partial charge in [-0.1, -0.05) is 58.4 Å². The molecule has 3 N–H and O–H groups in total. The number of rotatable bonds is 11. The number of benzene rings is 1. The molecule has 7 rings (SSSR count). The quantitative estimate of drug-likeness (QED) is 0.183. The number of hydrogen-bond donors (Lipinski definition) is 3. The van der Waals surface area contributed by atoms with Crippen LogP contribution >= 0.6 is 0 Å². The number of carbonyl (C=O) groups is 4. The number of likely N-dealkylation sites (N-methyl/N-ethyl adjacent to an activating group) is 1. The number of hydrogen-bond acceptors (Lipinski definition) is 8. The highest BCUT2D eigenvalue weighted by atomic mass is 16.5. The van der Waals surface area contributed by atoms with Gasteiger partial charge in [0.25, 0.3) is 0 Å². The number of imidazole rings is 2. The van der Waals surface area contributed by atoms with Crippen molar-refractivity contribution in [1.82, 2.24) is 40.0 Å². The third-order valence-corrected chi connectivity index (χ3v) is 13.7. The lowest BCUT2D eigenvalue weighted by Gasteiger charge is -2.48. The molecule has 2 saturated heterocycles. The number of nitrogens with zero attached hydrogens (tertiary/aromatic N) is 5. The summed E-state index contributed by atoms with van der Waals surface area (Å²) in [6.45, 7) is 9.02. The maximum Gasteiger partial charge on any atom is 0.409 e. The molecule has 2 aliphatic heterocycles. The number of methoxy groups -OCH3 is 2. The molecule has 3 unspecified atom stereocenters. The molecule has 2 bridgehead atoms. The molecule has 3 aromatic rings. The minimum absolute atomic E-state index is 0.0516. The maximum absolute atomic E-state index is 14.0. The number of nitrogens with one attached hydrogen (secondary N) is 3. The third-order valence-electron chi connectivity index (χ3n) is 13.7. The lowest BCUT2D eigenvalue weighted by Crippen LogP contribution is -2.51. The molecule has 4 aliphatic rings. The van der Waals surface area contributed by atoms with Gasteiger partial charge in [0.05, 0.1) is 38.2 Å². The number of aromatic nitrogens is 4. The van der Waals surface area contributed by atoms with Crippen molar-refractivity contribution >= 4 is 24.0 Å². The normalized spacial score (nSPS) is 25.5. The number of carbonyl (C=O) groups excluding carboxylic acids is 4. The van der Waals surface area contributed by atoms with Gasteiger partial charge in [-0.25, -0.2) is 19.6 Å². The van der Waals surface area contributed by atoms with Crippen molar-refractivity contribution < 1.29 is 28.7 Å². The first-order chi connectivity index (χ1) is 27.8. The number of aromatic amines is 2. The third kappa shape index (κ3) is 7.95. The summed E-state index contributed by atoms with van der Waals surface area (Å²) in [5.41, 5.74) is 4.60. The van der Waals surface area contributed by atoms with Gasteiger partial charge in [0.15, 0.2) is 0 Å². The van der Waals surface area contributed by atoms with E-state index in [9.17, 15) is 19.2 Å². The average Bonchev–Trinajstić information content (AvgIpc) is 4.06. The lowest BCUT2D eigenvalue weighted by atomic mass is 9.56. The Morgan fingerprint density at radius 1 is 0.810 bits per heavy atom. The van der Waals surface area contributed by atoms with Gasteiger partial charge in [-0.3, -0.25) is 14.5 Å². The molecule has 314 valence electrons. The van der Waals surface area contributed by atoms with Crippen LogP contribution in [0.2, 0.25) is 0 Å². The summed E-state index contributed by atoms with van der Waals surface area (Å²) < 4.78 is 9.74. The summed E-state index contributed by atoms with van der Waals surface area (Å²) in [6.07, 6.45) is 13.0. The van der Waals surface area contributed by atoms with Crippen LogP contribution in [-0.2, 0) is 24.5 Å². The number of ether oxygens (including phenoxy) is 2. The molecule has 4 fully saturated rings. The second-order valence-corrected chi connectivity index (χ2v) is 17.8. The van der Waals surface area contributed by atoms with Gasteiger partial charge < -0.3 is 34.6 Å². The molecular weight excluding hydrogens is 737 g/mol. The highest BCUT2D eigenvalue weighted by molar-refractivity contribution is 5.87. The van der Waals surface area contributed by atoms with Crippen LogP contribution in [0, 0.1) is 17.8 Å². The van der Waals surface area contributed by atoms with Crippen LogP contribution in [0.4, 0.5) is 9.59 Å². The smallest absolute Gasteiger partial charge is 0.409 e. The predicted octanol–water partition coefficient (Wildman–Crippen LogP) is 7.24. The monoisotopic (exact) mass is 798 g/mol. The highest BCUT2D eigenvalue weighted by Gasteiger charge is 2.47. The fourth-order valence-corrected chi connectivity index (χ4v) is 10.6. The van der Waals surface area contributed by atoms with Crippen molar-refractivity contribution in [1.29, 1.82) is 0 Å². The van der Waals surface area contributed by atoms with Crippen LogP contribution < -0.4 is 5.32 Å². The molecule has 58 heavy (non-hydrogen) atoms. The number of amides is 4. The van der Waals surface area contributed by atoms with Gasteiger partial charge >= 0.3 is 12.2 Å². The van der Waals surface area contributed by atoms with E-state index < -0.39 is 24.3 Å². The molecule has 4 amide bonds. The van der Waals surface area contributed by atoms with Crippen LogP contribution in [0.5, 0.6) is 0 Å². The first-order valence-corrected chi connectivity index (χ1v) is 21.3. The Kier molecular flexibility index (Phi) is 12.2. The van der Waals surface area contributed by atoms with Gasteiger partial charge in [0.2, 0.25) is 11.8 Å². The Hall–Kier alpha value is -4.88. The van der Waals surface area contributed by atoms with Crippen molar-refractivity contribution in [3.63, 3.8) is 0 Å². The van der Waals surface area contributed by atoms with Gasteiger partial charge in [-0.15, -0.1) is 0 Å². The van der Waals surface area contributed by atoms with Crippen molar-refractivity contribution in [3.05, 3.63) is 59.6 Å². The zero-order valence-corrected chi connectivity index (χ0v) is 35.3. The fraction of sp³-hybridized carbons (Fsp3) is 0.636. The zero-order chi connectivity index (χ0) is 41.3. The van der Waals surface area contributed by atoms with E-state index in [0.717, 1.165) is 74.3 Å². The predicted molar refractivity (Wildman–Crippen MR) is 219 cm³/mol. The summed E-state index contributed by atoms with van der Waals surface area (Å²) in [5.74, 6) is 2.32. The Morgan fingerprint density at radius 2 is 1.47 bits per heavy atom. The zero-order valence-electron chi connectivity index (χ0n) is 35.3. The Balaban J connectivity index is 1.01. The molecule has 4 heterocycles. The van der Waals surface area contributed by atoms with Crippen LogP contribution in [-0.4, -0.2) is 105 Å². The summed E-state index contributed by atoms with van der Waals surface area (Å²) in [7, 11) is 4.28. The standard InChI is InChI=1S/C44H62N8O6/c1-26(2)36(49-42(55)57-6)40(53)51-21-9-12-33(51)38-45-24-32(47-38)29-16-14-28(15-17-29)31-18-20-44(19-8-11-30(31)23-44)35-25-46-39(48-35)34-13-10-22-52(34)41(54)37(27(3)4)50(5)43(56)58-7/h14-17,24-27,30-31,33-34,36-37H,8-13,18-23H2,1-7H3,(H,45,47)(H,46,48)(H,49,55)/t30?,31?,33-,34-,36-,37-,44?/m0/s1. The van der Waals surface area contributed by atoms with E-state index in [1.165, 1.54) is 43.2 Å². The molecule has 14 nitrogen and oxygen atoms in total.